The Labute approximate surface area is 157 Å². The van der Waals surface area contributed by atoms with Crippen LogP contribution in [0.15, 0.2) is 28.7 Å². The van der Waals surface area contributed by atoms with Crippen molar-refractivity contribution >= 4 is 23.4 Å². The van der Waals surface area contributed by atoms with Gasteiger partial charge in [0.25, 0.3) is 5.91 Å². The Bertz CT molecular complexity index is 771. The minimum absolute atomic E-state index is 0.0578. The van der Waals surface area contributed by atoms with E-state index in [-0.39, 0.29) is 30.6 Å². The van der Waals surface area contributed by atoms with Gasteiger partial charge < -0.3 is 19.0 Å². The van der Waals surface area contributed by atoms with Crippen molar-refractivity contribution in [2.24, 2.45) is 0 Å². The monoisotopic (exact) mass is 379 g/mol. The first-order valence-corrected chi connectivity index (χ1v) is 8.43. The van der Waals surface area contributed by atoms with Crippen LogP contribution < -0.4 is 0 Å². The molecule has 0 atom stereocenters. The van der Waals surface area contributed by atoms with Gasteiger partial charge in [-0.05, 0) is 31.2 Å². The molecule has 2 rings (SSSR count). The molecule has 0 N–H and O–H groups in total. The summed E-state index contributed by atoms with van der Waals surface area (Å²) in [5.74, 6) is 0.153. The van der Waals surface area contributed by atoms with Crippen molar-refractivity contribution in [3.63, 3.8) is 0 Å². The molecular weight excluding hydrogens is 358 g/mol. The lowest BCUT2D eigenvalue weighted by Gasteiger charge is -2.22. The Morgan fingerprint density at radius 2 is 1.88 bits per heavy atom. The van der Waals surface area contributed by atoms with Gasteiger partial charge in [0.2, 0.25) is 11.8 Å². The summed E-state index contributed by atoms with van der Waals surface area (Å²) in [7, 11) is 4.82. The molecule has 0 radical (unpaired) electrons. The highest BCUT2D eigenvalue weighted by Gasteiger charge is 2.25. The largest absolute Gasteiger partial charge is 0.441 e. The standard InChI is InChI=1S/C18H22ClN3O4/c1-12-16(20-17(26-12)13-5-7-14(19)8-6-13)18(24)22(9-10-25-4)11-15(23)21(2)3/h5-8H,9-11H2,1-4H3. The number of nitrogens with zero attached hydrogens (tertiary/aromatic N) is 3. The smallest absolute Gasteiger partial charge is 0.276 e. The van der Waals surface area contributed by atoms with Crippen LogP contribution in [0.2, 0.25) is 5.02 Å². The number of aromatic nitrogens is 1. The highest BCUT2D eigenvalue weighted by Crippen LogP contribution is 2.24. The Balaban J connectivity index is 2.27. The lowest BCUT2D eigenvalue weighted by atomic mass is 10.2. The van der Waals surface area contributed by atoms with Crippen LogP contribution in [0.25, 0.3) is 11.5 Å². The number of benzene rings is 1. The Hall–Kier alpha value is -2.38. The second-order valence-corrected chi connectivity index (χ2v) is 6.37. The predicted molar refractivity (Wildman–Crippen MR) is 98.2 cm³/mol. The molecule has 0 bridgehead atoms. The van der Waals surface area contributed by atoms with Crippen molar-refractivity contribution in [1.29, 1.82) is 0 Å². The van der Waals surface area contributed by atoms with Crippen molar-refractivity contribution in [2.75, 3.05) is 40.9 Å². The van der Waals surface area contributed by atoms with Crippen molar-refractivity contribution in [3.05, 3.63) is 40.7 Å². The maximum atomic E-state index is 12.9. The van der Waals surface area contributed by atoms with Crippen LogP contribution in [0.5, 0.6) is 0 Å². The van der Waals surface area contributed by atoms with Crippen LogP contribution in [0, 0.1) is 6.92 Å². The third-order valence-corrected chi connectivity index (χ3v) is 4.02. The van der Waals surface area contributed by atoms with E-state index in [1.54, 1.807) is 45.3 Å². The molecule has 0 aliphatic rings. The molecule has 0 saturated carbocycles. The molecular formula is C18H22ClN3O4. The second-order valence-electron chi connectivity index (χ2n) is 5.94. The summed E-state index contributed by atoms with van der Waals surface area (Å²) in [4.78, 5) is 32.1. The Morgan fingerprint density at radius 3 is 2.46 bits per heavy atom. The van der Waals surface area contributed by atoms with Crippen LogP contribution >= 0.6 is 11.6 Å². The summed E-state index contributed by atoms with van der Waals surface area (Å²) in [5.41, 5.74) is 0.891. The molecule has 1 aromatic heterocycles. The van der Waals surface area contributed by atoms with E-state index in [4.69, 9.17) is 20.8 Å². The van der Waals surface area contributed by atoms with E-state index in [2.05, 4.69) is 4.98 Å². The molecule has 140 valence electrons. The molecule has 0 aliphatic heterocycles. The number of ether oxygens (including phenoxy) is 1. The van der Waals surface area contributed by atoms with Crippen molar-refractivity contribution < 1.29 is 18.7 Å². The number of carbonyl (C=O) groups excluding carboxylic acids is 2. The van der Waals surface area contributed by atoms with Gasteiger partial charge in [0.05, 0.1) is 6.61 Å². The molecule has 0 unspecified atom stereocenters. The van der Waals surface area contributed by atoms with Crippen molar-refractivity contribution in [2.45, 2.75) is 6.92 Å². The lowest BCUT2D eigenvalue weighted by molar-refractivity contribution is -0.129. The highest BCUT2D eigenvalue weighted by molar-refractivity contribution is 6.30. The zero-order valence-electron chi connectivity index (χ0n) is 15.3. The number of amides is 2. The molecule has 26 heavy (non-hydrogen) atoms. The third kappa shape index (κ3) is 4.83. The summed E-state index contributed by atoms with van der Waals surface area (Å²) in [6, 6.07) is 6.97. The quantitative estimate of drug-likeness (QED) is 0.738. The zero-order chi connectivity index (χ0) is 19.3. The van der Waals surface area contributed by atoms with E-state index in [1.165, 1.54) is 16.9 Å². The predicted octanol–water partition coefficient (Wildman–Crippen LogP) is 2.48. The number of likely N-dealkylation sites (N-methyl/N-ethyl adjacent to an activating group) is 1. The number of oxazole rings is 1. The third-order valence-electron chi connectivity index (χ3n) is 3.77. The number of methoxy groups -OCH3 is 1. The molecule has 0 fully saturated rings. The lowest BCUT2D eigenvalue weighted by Crippen LogP contribution is -2.42. The highest BCUT2D eigenvalue weighted by atomic mass is 35.5. The van der Waals surface area contributed by atoms with Gasteiger partial charge in [-0.1, -0.05) is 11.6 Å². The number of carbonyl (C=O) groups is 2. The summed E-state index contributed by atoms with van der Waals surface area (Å²) in [6.45, 7) is 2.20. The Kier molecular flexibility index (Phi) is 6.76. The molecule has 1 aromatic carbocycles. The van der Waals surface area contributed by atoms with E-state index in [0.717, 1.165) is 0 Å². The molecule has 0 aliphatic carbocycles. The molecule has 0 spiro atoms. The van der Waals surface area contributed by atoms with Gasteiger partial charge in [0.1, 0.15) is 12.3 Å². The normalized spacial score (nSPS) is 10.7. The number of hydrogen-bond donors (Lipinski definition) is 0. The first kappa shape index (κ1) is 19.9. The van der Waals surface area contributed by atoms with E-state index in [9.17, 15) is 9.59 Å². The van der Waals surface area contributed by atoms with Crippen LogP contribution in [0.1, 0.15) is 16.2 Å². The maximum absolute atomic E-state index is 12.9. The van der Waals surface area contributed by atoms with E-state index in [1.807, 2.05) is 0 Å². The summed E-state index contributed by atoms with van der Waals surface area (Å²) >= 11 is 5.89. The SMILES string of the molecule is COCCN(CC(=O)N(C)C)C(=O)c1nc(-c2ccc(Cl)cc2)oc1C. The minimum atomic E-state index is -0.376. The minimum Gasteiger partial charge on any atom is -0.441 e. The molecule has 2 aromatic rings. The van der Waals surface area contributed by atoms with Gasteiger partial charge in [0, 0.05) is 38.3 Å². The average molecular weight is 380 g/mol. The summed E-state index contributed by atoms with van der Waals surface area (Å²) in [6.07, 6.45) is 0. The van der Waals surface area contributed by atoms with Crippen LogP contribution in [0.4, 0.5) is 0 Å². The van der Waals surface area contributed by atoms with Gasteiger partial charge in [-0.3, -0.25) is 9.59 Å². The summed E-state index contributed by atoms with van der Waals surface area (Å²) < 4.78 is 10.7. The van der Waals surface area contributed by atoms with Crippen molar-refractivity contribution in [1.82, 2.24) is 14.8 Å². The number of aryl methyl sites for hydroxylation is 1. The first-order chi connectivity index (χ1) is 12.3. The molecule has 0 saturated heterocycles. The van der Waals surface area contributed by atoms with E-state index in [0.29, 0.717) is 28.8 Å². The van der Waals surface area contributed by atoms with Gasteiger partial charge in [-0.15, -0.1) is 0 Å². The second kappa shape index (κ2) is 8.82. The fourth-order valence-electron chi connectivity index (χ4n) is 2.22. The van der Waals surface area contributed by atoms with Crippen molar-refractivity contribution in [3.8, 4) is 11.5 Å². The molecule has 7 nitrogen and oxygen atoms in total. The van der Waals surface area contributed by atoms with Crippen LogP contribution in [0.3, 0.4) is 0 Å². The number of halogens is 1. The van der Waals surface area contributed by atoms with Crippen LogP contribution in [-0.4, -0.2) is 67.5 Å². The molecule has 2 amide bonds. The van der Waals surface area contributed by atoms with Gasteiger partial charge in [-0.2, -0.15) is 0 Å². The zero-order valence-corrected chi connectivity index (χ0v) is 16.0. The van der Waals surface area contributed by atoms with Gasteiger partial charge >= 0.3 is 0 Å². The van der Waals surface area contributed by atoms with Gasteiger partial charge in [-0.25, -0.2) is 4.98 Å². The van der Waals surface area contributed by atoms with Crippen LogP contribution in [-0.2, 0) is 9.53 Å². The molecule has 8 heteroatoms. The van der Waals surface area contributed by atoms with E-state index < -0.39 is 0 Å². The average Bonchev–Trinajstić information content (AvgIpc) is 3.00. The number of hydrogen-bond acceptors (Lipinski definition) is 5. The topological polar surface area (TPSA) is 75.9 Å². The Morgan fingerprint density at radius 1 is 1.23 bits per heavy atom. The maximum Gasteiger partial charge on any atom is 0.276 e. The first-order valence-electron chi connectivity index (χ1n) is 8.05. The number of rotatable bonds is 7. The van der Waals surface area contributed by atoms with E-state index >= 15 is 0 Å². The molecule has 1 heterocycles. The fraction of sp³-hybridized carbons (Fsp3) is 0.389. The van der Waals surface area contributed by atoms with Gasteiger partial charge in [0.15, 0.2) is 5.69 Å². The summed E-state index contributed by atoms with van der Waals surface area (Å²) in [5, 5.41) is 0.598. The fourth-order valence-corrected chi connectivity index (χ4v) is 2.35.